The first-order valence-electron chi connectivity index (χ1n) is 11.9. The average Bonchev–Trinajstić information content (AvgIpc) is 3.41. The summed E-state index contributed by atoms with van der Waals surface area (Å²) in [4.78, 5) is 24.1. The second kappa shape index (κ2) is 8.74. The van der Waals surface area contributed by atoms with Gasteiger partial charge in [0.05, 0.1) is 11.3 Å². The Morgan fingerprint density at radius 3 is 2.69 bits per heavy atom. The summed E-state index contributed by atoms with van der Waals surface area (Å²) in [5, 5.41) is 0. The summed E-state index contributed by atoms with van der Waals surface area (Å²) in [6, 6.07) is 12.3. The van der Waals surface area contributed by atoms with E-state index >= 15 is 0 Å². The van der Waals surface area contributed by atoms with Crippen molar-refractivity contribution in [2.24, 2.45) is 5.92 Å². The highest BCUT2D eigenvalue weighted by atomic mass is 32.2. The van der Waals surface area contributed by atoms with Gasteiger partial charge in [0.25, 0.3) is 15.9 Å². The van der Waals surface area contributed by atoms with E-state index in [-0.39, 0.29) is 21.8 Å². The lowest BCUT2D eigenvalue weighted by molar-refractivity contribution is 0.0981. The predicted octanol–water partition coefficient (Wildman–Crippen LogP) is 4.04. The first-order valence-corrected chi connectivity index (χ1v) is 13.4. The number of carbonyl (C=O) groups excluding carboxylic acids is 1. The Kier molecular flexibility index (Phi) is 5.83. The largest absolute Gasteiger partial charge is 0.383 e. The third-order valence-electron chi connectivity index (χ3n) is 6.86. The zero-order valence-electron chi connectivity index (χ0n) is 20.5. The Bertz CT molecular complexity index is 1500. The van der Waals surface area contributed by atoms with Crippen molar-refractivity contribution in [3.63, 3.8) is 0 Å². The topological polar surface area (TPSA) is 118 Å². The van der Waals surface area contributed by atoms with Crippen LogP contribution in [0.1, 0.15) is 48.7 Å². The molecule has 8 nitrogen and oxygen atoms in total. The normalized spacial score (nSPS) is 18.3. The molecular weight excluding hydrogens is 474 g/mol. The van der Waals surface area contributed by atoms with Crippen LogP contribution in [-0.2, 0) is 16.4 Å². The third kappa shape index (κ3) is 4.24. The van der Waals surface area contributed by atoms with Crippen LogP contribution in [0.3, 0.4) is 0 Å². The molecule has 0 radical (unpaired) electrons. The molecule has 0 saturated carbocycles. The Balaban J connectivity index is 1.60. The molecule has 1 atom stereocenters. The molecule has 1 fully saturated rings. The summed E-state index contributed by atoms with van der Waals surface area (Å²) in [6.07, 6.45) is 7.41. The van der Waals surface area contributed by atoms with Gasteiger partial charge in [-0.05, 0) is 68.0 Å². The lowest BCUT2D eigenvalue weighted by Gasteiger charge is -2.34. The minimum Gasteiger partial charge on any atom is -0.383 e. The van der Waals surface area contributed by atoms with Crippen LogP contribution in [-0.4, -0.2) is 36.4 Å². The zero-order chi connectivity index (χ0) is 25.7. The van der Waals surface area contributed by atoms with E-state index in [0.717, 1.165) is 29.7 Å². The number of benzene rings is 1. The first-order chi connectivity index (χ1) is 17.1. The van der Waals surface area contributed by atoms with E-state index in [1.807, 2.05) is 12.1 Å². The number of nitrogens with zero attached hydrogens (tertiary/aromatic N) is 3. The van der Waals surface area contributed by atoms with Crippen molar-refractivity contribution in [3.05, 3.63) is 71.4 Å². The van der Waals surface area contributed by atoms with Crippen molar-refractivity contribution >= 4 is 33.6 Å². The number of nitrogen functional groups attached to an aromatic ring is 1. The number of nitrogens with two attached hydrogens (primary N) is 1. The fourth-order valence-electron chi connectivity index (χ4n) is 5.32. The summed E-state index contributed by atoms with van der Waals surface area (Å²) in [5.41, 5.74) is 9.76. The van der Waals surface area contributed by atoms with Crippen molar-refractivity contribution < 1.29 is 13.2 Å². The van der Waals surface area contributed by atoms with E-state index in [9.17, 15) is 13.2 Å². The highest BCUT2D eigenvalue weighted by molar-refractivity contribution is 7.90. The van der Waals surface area contributed by atoms with Crippen LogP contribution < -0.4 is 15.4 Å². The number of hydrogen-bond acceptors (Lipinski definition) is 7. The molecular formula is C27H29N5O3S. The lowest BCUT2D eigenvalue weighted by atomic mass is 9.97. The van der Waals surface area contributed by atoms with Crippen molar-refractivity contribution in [2.45, 2.75) is 44.0 Å². The number of fused-ring (bicyclic) bond motifs is 1. The van der Waals surface area contributed by atoms with Gasteiger partial charge >= 0.3 is 0 Å². The number of anilines is 2. The molecule has 1 aromatic carbocycles. The highest BCUT2D eigenvalue weighted by Crippen LogP contribution is 2.39. The highest BCUT2D eigenvalue weighted by Gasteiger charge is 2.39. The molecule has 1 aliphatic carbocycles. The van der Waals surface area contributed by atoms with Gasteiger partial charge in [-0.2, -0.15) is 0 Å². The average molecular weight is 504 g/mol. The maximum Gasteiger partial charge on any atom is 0.268 e. The van der Waals surface area contributed by atoms with E-state index in [4.69, 9.17) is 10.7 Å². The van der Waals surface area contributed by atoms with Crippen LogP contribution in [0, 0.1) is 5.92 Å². The molecule has 2 aromatic heterocycles. The molecule has 1 saturated heterocycles. The van der Waals surface area contributed by atoms with Crippen molar-refractivity contribution in [1.82, 2.24) is 14.7 Å². The van der Waals surface area contributed by atoms with Crippen LogP contribution in [0.15, 0.2) is 59.6 Å². The molecule has 186 valence electrons. The summed E-state index contributed by atoms with van der Waals surface area (Å²) < 4.78 is 28.1. The SMILES string of the molecule is C[C@@H]1CN(c2nc(-c3cccc4c3C=CC4)ccc2C(=O)NS(=O)(=O)c2cccnc2N)C(C)(C)C1. The monoisotopic (exact) mass is 503 g/mol. The molecule has 0 bridgehead atoms. The molecule has 1 amide bonds. The van der Waals surface area contributed by atoms with E-state index in [0.29, 0.717) is 18.3 Å². The van der Waals surface area contributed by atoms with Crippen molar-refractivity contribution in [2.75, 3.05) is 17.2 Å². The fourth-order valence-corrected chi connectivity index (χ4v) is 6.37. The number of amides is 1. The molecule has 0 spiro atoms. The summed E-state index contributed by atoms with van der Waals surface area (Å²) in [6.45, 7) is 7.10. The molecule has 36 heavy (non-hydrogen) atoms. The van der Waals surface area contributed by atoms with Gasteiger partial charge in [0.1, 0.15) is 16.5 Å². The van der Waals surface area contributed by atoms with Crippen molar-refractivity contribution in [3.8, 4) is 11.3 Å². The van der Waals surface area contributed by atoms with E-state index in [2.05, 4.69) is 53.6 Å². The second-order valence-corrected chi connectivity index (χ2v) is 11.8. The van der Waals surface area contributed by atoms with Crippen LogP contribution >= 0.6 is 0 Å². The Labute approximate surface area is 211 Å². The Morgan fingerprint density at radius 2 is 1.97 bits per heavy atom. The number of nitrogens with one attached hydrogen (secondary N) is 1. The number of allylic oxidation sites excluding steroid dienone is 1. The Morgan fingerprint density at radius 1 is 1.17 bits per heavy atom. The number of sulfonamides is 1. The number of hydrogen-bond donors (Lipinski definition) is 2. The quantitative estimate of drug-likeness (QED) is 0.539. The van der Waals surface area contributed by atoms with E-state index < -0.39 is 15.9 Å². The number of aromatic nitrogens is 2. The van der Waals surface area contributed by atoms with E-state index in [1.165, 1.54) is 23.9 Å². The molecule has 1 aliphatic heterocycles. The van der Waals surface area contributed by atoms with Crippen molar-refractivity contribution in [1.29, 1.82) is 0 Å². The molecule has 2 aliphatic rings. The Hall–Kier alpha value is -3.72. The van der Waals surface area contributed by atoms with Gasteiger partial charge < -0.3 is 10.6 Å². The maximum atomic E-state index is 13.4. The molecule has 3 heterocycles. The molecule has 9 heteroatoms. The van der Waals surface area contributed by atoms with Gasteiger partial charge in [-0.15, -0.1) is 0 Å². The third-order valence-corrected chi connectivity index (χ3v) is 8.24. The maximum absolute atomic E-state index is 13.4. The van der Waals surface area contributed by atoms with Gasteiger partial charge in [0.15, 0.2) is 0 Å². The zero-order valence-corrected chi connectivity index (χ0v) is 21.3. The smallest absolute Gasteiger partial charge is 0.268 e. The van der Waals surface area contributed by atoms with Crippen LogP contribution in [0.5, 0.6) is 0 Å². The number of carbonyl (C=O) groups is 1. The van der Waals surface area contributed by atoms with E-state index in [1.54, 1.807) is 12.1 Å². The summed E-state index contributed by atoms with van der Waals surface area (Å²) in [5.74, 6) is -0.0784. The van der Waals surface area contributed by atoms with Crippen LogP contribution in [0.4, 0.5) is 11.6 Å². The van der Waals surface area contributed by atoms with Gasteiger partial charge in [-0.3, -0.25) is 4.79 Å². The van der Waals surface area contributed by atoms with Crippen LogP contribution in [0.25, 0.3) is 17.3 Å². The lowest BCUT2D eigenvalue weighted by Crippen LogP contribution is -2.41. The molecule has 3 aromatic rings. The predicted molar refractivity (Wildman–Crippen MR) is 141 cm³/mol. The van der Waals surface area contributed by atoms with Gasteiger partial charge in [0, 0.05) is 23.8 Å². The molecule has 5 rings (SSSR count). The second-order valence-electron chi connectivity index (χ2n) is 10.1. The van der Waals surface area contributed by atoms with Crippen LogP contribution in [0.2, 0.25) is 0 Å². The first kappa shape index (κ1) is 24.0. The fraction of sp³-hybridized carbons (Fsp3) is 0.296. The minimum atomic E-state index is -4.23. The number of pyridine rings is 2. The summed E-state index contributed by atoms with van der Waals surface area (Å²) >= 11 is 0. The molecule has 3 N–H and O–H groups in total. The van der Waals surface area contributed by atoms with Gasteiger partial charge in [-0.1, -0.05) is 37.3 Å². The standard InChI is InChI=1S/C27H29N5O3S/c1-17-15-27(2,3)32(16-17)25-21(26(33)31-36(34,35)23-11-6-14-29-24(23)28)12-13-22(30-25)20-10-5-8-18-7-4-9-19(18)20/h4-6,8-14,17H,7,15-16H2,1-3H3,(H2,28,29)(H,31,33)/t17-/m0/s1. The minimum absolute atomic E-state index is 0.174. The summed E-state index contributed by atoms with van der Waals surface area (Å²) in [7, 11) is -4.23. The van der Waals surface area contributed by atoms with Gasteiger partial charge in [-0.25, -0.2) is 23.1 Å². The van der Waals surface area contributed by atoms with Gasteiger partial charge in [0.2, 0.25) is 0 Å². The molecule has 0 unspecified atom stereocenters. The number of rotatable bonds is 5.